The number of hydrogen-bond donors (Lipinski definition) is 2. The Bertz CT molecular complexity index is 1560. The van der Waals surface area contributed by atoms with E-state index in [1.54, 1.807) is 23.5 Å². The molecule has 2 N–H and O–H groups in total. The minimum atomic E-state index is -1.01. The summed E-state index contributed by atoms with van der Waals surface area (Å²) in [6.45, 7) is 2.44. The van der Waals surface area contributed by atoms with Crippen LogP contribution in [0.4, 0.5) is 0 Å². The number of allylic oxidation sites excluding steroid dienone is 2. The highest BCUT2D eigenvalue weighted by molar-refractivity contribution is 9.10. The Hall–Kier alpha value is -2.98. The van der Waals surface area contributed by atoms with Crippen molar-refractivity contribution in [2.45, 2.75) is 58.0 Å². The number of carbonyl (C=O) groups is 2. The lowest BCUT2D eigenvalue weighted by Crippen LogP contribution is -2.46. The summed E-state index contributed by atoms with van der Waals surface area (Å²) in [6.07, 6.45) is 5.53. The van der Waals surface area contributed by atoms with Crippen LogP contribution in [-0.4, -0.2) is 40.1 Å². The molecule has 4 atom stereocenters. The molecule has 6 rings (SSSR count). The van der Waals surface area contributed by atoms with Crippen molar-refractivity contribution in [3.63, 3.8) is 0 Å². The topological polar surface area (TPSA) is 87.1 Å². The lowest BCUT2D eigenvalue weighted by Gasteiger charge is -2.43. The molecule has 2 aliphatic heterocycles. The van der Waals surface area contributed by atoms with E-state index in [9.17, 15) is 19.7 Å². The molecule has 6 nitrogen and oxygen atoms in total. The number of nitrogens with zero attached hydrogens (tertiary/aromatic N) is 1. The highest BCUT2D eigenvalue weighted by Gasteiger charge is 2.57. The van der Waals surface area contributed by atoms with E-state index in [1.807, 2.05) is 47.9 Å². The van der Waals surface area contributed by atoms with Gasteiger partial charge in [-0.2, -0.15) is 0 Å². The molecule has 0 radical (unpaired) electrons. The van der Waals surface area contributed by atoms with Gasteiger partial charge in [0, 0.05) is 14.9 Å². The third kappa shape index (κ3) is 6.18. The van der Waals surface area contributed by atoms with Gasteiger partial charge in [-0.1, -0.05) is 71.2 Å². The Morgan fingerprint density at radius 3 is 2.67 bits per heavy atom. The zero-order valence-corrected chi connectivity index (χ0v) is 26.5. The Balaban J connectivity index is 1.32. The van der Waals surface area contributed by atoms with E-state index < -0.39 is 13.0 Å². The highest BCUT2D eigenvalue weighted by Crippen LogP contribution is 2.52. The fourth-order valence-electron chi connectivity index (χ4n) is 7.15. The maximum Gasteiger partial charge on any atom is 0.455 e. The van der Waals surface area contributed by atoms with E-state index in [4.69, 9.17) is 4.65 Å². The Morgan fingerprint density at radius 2 is 1.93 bits per heavy atom. The van der Waals surface area contributed by atoms with Gasteiger partial charge < -0.3 is 14.8 Å². The minimum absolute atomic E-state index is 0.0864. The van der Waals surface area contributed by atoms with Crippen LogP contribution in [0.15, 0.2) is 81.7 Å². The second-order valence-electron chi connectivity index (χ2n) is 11.7. The molecule has 0 bridgehead atoms. The van der Waals surface area contributed by atoms with Crippen LogP contribution >= 0.6 is 27.3 Å². The van der Waals surface area contributed by atoms with Crippen molar-refractivity contribution in [3.05, 3.63) is 97.7 Å². The van der Waals surface area contributed by atoms with Gasteiger partial charge in [-0.25, -0.2) is 0 Å². The van der Waals surface area contributed by atoms with Crippen molar-refractivity contribution >= 4 is 57.8 Å². The predicted molar refractivity (Wildman–Crippen MR) is 174 cm³/mol. The van der Waals surface area contributed by atoms with Crippen molar-refractivity contribution in [2.24, 2.45) is 17.8 Å². The number of halogens is 1. The molecule has 2 amide bonds. The number of imide groups is 1. The molecule has 2 aromatic carbocycles. The molecule has 0 unspecified atom stereocenters. The number of phenolic OH excluding ortho intramolecular Hbond substituents is 1. The lowest BCUT2D eigenvalue weighted by molar-refractivity contribution is -0.140. The monoisotopic (exact) mass is 659 g/mol. The zero-order chi connectivity index (χ0) is 30.1. The molecule has 43 heavy (non-hydrogen) atoms. The third-order valence-corrected chi connectivity index (χ3v) is 10.3. The first-order valence-corrected chi connectivity index (χ1v) is 16.7. The van der Waals surface area contributed by atoms with Gasteiger partial charge in [0.2, 0.25) is 11.8 Å². The van der Waals surface area contributed by atoms with E-state index in [1.165, 1.54) is 10.5 Å². The van der Waals surface area contributed by atoms with Crippen LogP contribution < -0.4 is 0 Å². The number of carbonyl (C=O) groups excluding carboxylic acids is 2. The van der Waals surface area contributed by atoms with Crippen LogP contribution in [0.5, 0.6) is 5.75 Å². The van der Waals surface area contributed by atoms with Crippen LogP contribution in [0.2, 0.25) is 6.32 Å². The van der Waals surface area contributed by atoms with Crippen molar-refractivity contribution in [2.75, 3.05) is 0 Å². The molecule has 2 saturated heterocycles. The lowest BCUT2D eigenvalue weighted by atomic mass is 9.58. The number of fused-ring (bicyclic) bond motifs is 3. The normalized spacial score (nSPS) is 24.0. The van der Waals surface area contributed by atoms with Crippen molar-refractivity contribution in [1.82, 2.24) is 4.90 Å². The molecule has 3 aromatic rings. The fraction of sp³-hybridized carbons (Fsp3) is 0.353. The second kappa shape index (κ2) is 12.9. The molecule has 3 heterocycles. The maximum atomic E-state index is 13.9. The highest BCUT2D eigenvalue weighted by atomic mass is 79.9. The van der Waals surface area contributed by atoms with Gasteiger partial charge in [0.05, 0.1) is 24.5 Å². The summed E-state index contributed by atoms with van der Waals surface area (Å²) in [7, 11) is -1.01. The Labute approximate surface area is 265 Å². The molecule has 222 valence electrons. The zero-order valence-electron chi connectivity index (χ0n) is 24.1. The van der Waals surface area contributed by atoms with E-state index in [2.05, 4.69) is 35.0 Å². The molecule has 0 saturated carbocycles. The number of hydrogen-bond acceptors (Lipinski definition) is 6. The fourth-order valence-corrected chi connectivity index (χ4v) is 8.22. The quantitative estimate of drug-likeness (QED) is 0.109. The summed E-state index contributed by atoms with van der Waals surface area (Å²) >= 11 is 5.06. The molecule has 2 fully saturated rings. The van der Waals surface area contributed by atoms with Gasteiger partial charge in [0.15, 0.2) is 0 Å². The molecule has 0 spiro atoms. The number of amides is 2. The van der Waals surface area contributed by atoms with Crippen LogP contribution in [0, 0.1) is 17.8 Å². The van der Waals surface area contributed by atoms with E-state index in [0.29, 0.717) is 37.7 Å². The van der Waals surface area contributed by atoms with Crippen LogP contribution in [0.1, 0.15) is 55.0 Å². The molecule has 3 aliphatic rings. The first-order chi connectivity index (χ1) is 20.8. The van der Waals surface area contributed by atoms with Crippen LogP contribution in [0.3, 0.4) is 0 Å². The van der Waals surface area contributed by atoms with Gasteiger partial charge >= 0.3 is 7.12 Å². The smallest absolute Gasteiger partial charge is 0.455 e. The largest absolute Gasteiger partial charge is 0.507 e. The average Bonchev–Trinajstić information content (AvgIpc) is 3.60. The maximum absolute atomic E-state index is 13.9. The summed E-state index contributed by atoms with van der Waals surface area (Å²) in [5, 5.41) is 23.5. The molecular weight excluding hydrogens is 625 g/mol. The van der Waals surface area contributed by atoms with Gasteiger partial charge in [-0.3, -0.25) is 14.5 Å². The number of phenols is 1. The molecule has 1 aliphatic carbocycles. The van der Waals surface area contributed by atoms with Crippen molar-refractivity contribution in [3.8, 4) is 5.75 Å². The summed E-state index contributed by atoms with van der Waals surface area (Å²) in [4.78, 5) is 29.9. The van der Waals surface area contributed by atoms with Crippen molar-refractivity contribution in [1.29, 1.82) is 0 Å². The van der Waals surface area contributed by atoms with E-state index in [-0.39, 0.29) is 35.5 Å². The Kier molecular flexibility index (Phi) is 9.05. The molecule has 9 heteroatoms. The number of rotatable bonds is 9. The first kappa shape index (κ1) is 30.1. The average molecular weight is 660 g/mol. The second-order valence-corrected chi connectivity index (χ2v) is 13.6. The third-order valence-electron chi connectivity index (χ3n) is 8.98. The summed E-state index contributed by atoms with van der Waals surface area (Å²) in [5.74, 6) is -1.08. The van der Waals surface area contributed by atoms with E-state index >= 15 is 0 Å². The predicted octanol–water partition coefficient (Wildman–Crippen LogP) is 7.33. The first-order valence-electron chi connectivity index (χ1n) is 15.0. The number of likely N-dealkylation sites (tertiary alicyclic amines) is 1. The van der Waals surface area contributed by atoms with Crippen LogP contribution in [0.25, 0.3) is 11.6 Å². The number of benzene rings is 2. The SMILES string of the molecule is CCCC1=C2[C@@H](CC/C(=C/c3cc(Br)ccc3O)c3ccccc3)OB(O)C[C@@H]2[C@@H]2C(=O)N(Cc3cccs3)C(=O)[C@@H]2C1. The summed E-state index contributed by atoms with van der Waals surface area (Å²) in [5.41, 5.74) is 5.12. The van der Waals surface area contributed by atoms with Crippen LogP contribution in [-0.2, 0) is 20.8 Å². The van der Waals surface area contributed by atoms with Gasteiger partial charge in [-0.15, -0.1) is 11.3 Å². The standard InChI is InChI=1S/C34H35BBrNO5S/c1-2-7-23-18-27-32(34(40)37(33(27)39)20-26-10-6-15-43-26)28-19-35(41)42-30(31(23)28)14-11-22(21-8-4-3-5-9-21)16-24-17-25(36)12-13-29(24)38/h3-6,8-10,12-13,15-17,27-28,30,32,38,41H,2,7,11,14,18-20H2,1H3/b22-16-/t27-,28+,30-,32-/m1/s1. The van der Waals surface area contributed by atoms with E-state index in [0.717, 1.165) is 38.9 Å². The van der Waals surface area contributed by atoms with Gasteiger partial charge in [0.1, 0.15) is 5.75 Å². The number of aromatic hydroxyl groups is 1. The minimum Gasteiger partial charge on any atom is -0.507 e. The van der Waals surface area contributed by atoms with Crippen molar-refractivity contribution < 1.29 is 24.4 Å². The van der Waals surface area contributed by atoms with Gasteiger partial charge in [0.25, 0.3) is 0 Å². The number of thiophene rings is 1. The Morgan fingerprint density at radius 1 is 1.12 bits per heavy atom. The summed E-state index contributed by atoms with van der Waals surface area (Å²) in [6, 6.07) is 19.3. The van der Waals surface area contributed by atoms with Gasteiger partial charge in [-0.05, 0) is 90.4 Å². The summed E-state index contributed by atoms with van der Waals surface area (Å²) < 4.78 is 7.12. The molecular formula is C34H35BBrNO5S. The molecule has 1 aromatic heterocycles.